The zero-order valence-electron chi connectivity index (χ0n) is 15.7. The molecule has 3 rings (SSSR count). The van der Waals surface area contributed by atoms with Gasteiger partial charge in [-0.1, -0.05) is 29.8 Å². The minimum atomic E-state index is -3.63. The van der Waals surface area contributed by atoms with Gasteiger partial charge >= 0.3 is 0 Å². The molecule has 0 atom stereocenters. The van der Waals surface area contributed by atoms with E-state index in [0.29, 0.717) is 12.8 Å². The lowest BCUT2D eigenvalue weighted by atomic mass is 10.1. The van der Waals surface area contributed by atoms with Crippen LogP contribution in [0.1, 0.15) is 34.5 Å². The molecule has 1 aliphatic heterocycles. The van der Waals surface area contributed by atoms with Crippen LogP contribution >= 0.6 is 0 Å². The van der Waals surface area contributed by atoms with Crippen molar-refractivity contribution in [2.75, 3.05) is 16.6 Å². The molecule has 0 aliphatic carbocycles. The van der Waals surface area contributed by atoms with Gasteiger partial charge < -0.3 is 10.4 Å². The first-order valence-corrected chi connectivity index (χ1v) is 10.5. The van der Waals surface area contributed by atoms with Crippen LogP contribution in [0.25, 0.3) is 0 Å². The molecular formula is C18H22N4O5S. The van der Waals surface area contributed by atoms with Crippen molar-refractivity contribution in [1.82, 2.24) is 14.9 Å². The lowest BCUT2D eigenvalue weighted by Gasteiger charge is -2.28. The van der Waals surface area contributed by atoms with Crippen LogP contribution in [0.3, 0.4) is 0 Å². The van der Waals surface area contributed by atoms with Gasteiger partial charge in [0.25, 0.3) is 11.5 Å². The molecule has 0 bridgehead atoms. The second kappa shape index (κ2) is 7.63. The van der Waals surface area contributed by atoms with E-state index in [1.54, 1.807) is 0 Å². The van der Waals surface area contributed by atoms with Crippen molar-refractivity contribution in [3.63, 3.8) is 0 Å². The molecule has 1 fully saturated rings. The summed E-state index contributed by atoms with van der Waals surface area (Å²) in [6, 6.07) is 7.49. The van der Waals surface area contributed by atoms with Gasteiger partial charge in [-0.25, -0.2) is 17.7 Å². The van der Waals surface area contributed by atoms with Crippen LogP contribution in [-0.2, 0) is 23.6 Å². The number of hydrogen-bond acceptors (Lipinski definition) is 6. The van der Waals surface area contributed by atoms with E-state index in [1.165, 1.54) is 7.05 Å². The molecule has 1 aromatic heterocycles. The third kappa shape index (κ3) is 3.86. The molecule has 1 aromatic carbocycles. The van der Waals surface area contributed by atoms with Crippen molar-refractivity contribution >= 4 is 21.9 Å². The highest BCUT2D eigenvalue weighted by Gasteiger charge is 2.31. The van der Waals surface area contributed by atoms with Crippen molar-refractivity contribution in [3.8, 4) is 5.75 Å². The number of hydrogen-bond donors (Lipinski definition) is 2. The number of nitrogens with zero attached hydrogens (tertiary/aromatic N) is 3. The van der Waals surface area contributed by atoms with Gasteiger partial charge in [0.2, 0.25) is 21.7 Å². The van der Waals surface area contributed by atoms with Crippen LogP contribution in [0.5, 0.6) is 5.75 Å². The minimum Gasteiger partial charge on any atom is -0.501 e. The monoisotopic (exact) mass is 406 g/mol. The summed E-state index contributed by atoms with van der Waals surface area (Å²) in [6.45, 7) is 2.26. The molecule has 10 heteroatoms. The minimum absolute atomic E-state index is 0.0569. The average Bonchev–Trinajstić information content (AvgIpc) is 2.65. The van der Waals surface area contributed by atoms with Crippen molar-refractivity contribution in [2.24, 2.45) is 7.05 Å². The number of aromatic hydroxyl groups is 1. The molecule has 1 saturated heterocycles. The summed E-state index contributed by atoms with van der Waals surface area (Å²) in [5, 5.41) is 12.7. The Labute approximate surface area is 162 Å². The molecule has 0 spiro atoms. The Balaban J connectivity index is 1.93. The SMILES string of the molecule is Cc1cccc(CNC(=O)c2nc(N3CCCCS3(=O)=O)n(C)c(=O)c2O)c1. The number of carbonyl (C=O) groups is 1. The number of nitrogens with one attached hydrogen (secondary N) is 1. The van der Waals surface area contributed by atoms with E-state index in [4.69, 9.17) is 0 Å². The molecule has 150 valence electrons. The zero-order valence-corrected chi connectivity index (χ0v) is 16.5. The van der Waals surface area contributed by atoms with Crippen LogP contribution in [0.15, 0.2) is 29.1 Å². The van der Waals surface area contributed by atoms with Crippen molar-refractivity contribution in [2.45, 2.75) is 26.3 Å². The lowest BCUT2D eigenvalue weighted by Crippen LogP contribution is -2.42. The van der Waals surface area contributed by atoms with Crippen LogP contribution in [0.4, 0.5) is 5.95 Å². The lowest BCUT2D eigenvalue weighted by molar-refractivity contribution is 0.0942. The highest BCUT2D eigenvalue weighted by atomic mass is 32.2. The Morgan fingerprint density at radius 2 is 2.07 bits per heavy atom. The van der Waals surface area contributed by atoms with Gasteiger partial charge in [0.05, 0.1) is 5.75 Å². The average molecular weight is 406 g/mol. The third-order valence-corrected chi connectivity index (χ3v) is 6.39. The Bertz CT molecular complexity index is 1080. The highest BCUT2D eigenvalue weighted by Crippen LogP contribution is 2.22. The van der Waals surface area contributed by atoms with Crippen molar-refractivity contribution < 1.29 is 18.3 Å². The van der Waals surface area contributed by atoms with Gasteiger partial charge in [0.1, 0.15) is 0 Å². The summed E-state index contributed by atoms with van der Waals surface area (Å²) in [5.41, 5.74) is 0.493. The molecule has 2 N–H and O–H groups in total. The maximum atomic E-state index is 12.5. The normalized spacial score (nSPS) is 16.0. The van der Waals surface area contributed by atoms with Crippen molar-refractivity contribution in [1.29, 1.82) is 0 Å². The molecule has 0 saturated carbocycles. The fraction of sp³-hybridized carbons (Fsp3) is 0.389. The van der Waals surface area contributed by atoms with Gasteiger partial charge in [-0.2, -0.15) is 0 Å². The standard InChI is InChI=1S/C18H22N4O5S/c1-12-6-5-7-13(10-12)11-19-16(24)14-15(23)17(25)21(2)18(20-14)22-8-3-4-9-28(22,26)27/h5-7,10,23H,3-4,8-9,11H2,1-2H3,(H,19,24). The summed E-state index contributed by atoms with van der Waals surface area (Å²) in [6.07, 6.45) is 1.14. The molecular weight excluding hydrogens is 384 g/mol. The Morgan fingerprint density at radius 1 is 1.32 bits per heavy atom. The molecule has 1 aliphatic rings. The Kier molecular flexibility index (Phi) is 5.41. The number of amides is 1. The van der Waals surface area contributed by atoms with Gasteiger partial charge in [-0.3, -0.25) is 14.2 Å². The predicted octanol–water partition coefficient (Wildman–Crippen LogP) is 0.654. The Morgan fingerprint density at radius 3 is 2.75 bits per heavy atom. The number of sulfonamides is 1. The van der Waals surface area contributed by atoms with Crippen LogP contribution < -0.4 is 15.2 Å². The second-order valence-corrected chi connectivity index (χ2v) is 8.75. The first kappa shape index (κ1) is 19.9. The number of benzene rings is 1. The van der Waals surface area contributed by atoms with Crippen molar-refractivity contribution in [3.05, 3.63) is 51.4 Å². The fourth-order valence-electron chi connectivity index (χ4n) is 3.06. The molecule has 2 heterocycles. The van der Waals surface area contributed by atoms with E-state index < -0.39 is 32.9 Å². The number of anilines is 1. The summed E-state index contributed by atoms with van der Waals surface area (Å²) in [7, 11) is -2.32. The molecule has 0 radical (unpaired) electrons. The van der Waals surface area contributed by atoms with Crippen LogP contribution in [-0.4, -0.2) is 41.3 Å². The van der Waals surface area contributed by atoms with Gasteiger partial charge in [0, 0.05) is 20.1 Å². The first-order valence-electron chi connectivity index (χ1n) is 8.85. The molecule has 0 unspecified atom stereocenters. The van der Waals surface area contributed by atoms with Gasteiger partial charge in [-0.15, -0.1) is 0 Å². The summed E-state index contributed by atoms with van der Waals surface area (Å²) in [4.78, 5) is 28.9. The van der Waals surface area contributed by atoms with E-state index >= 15 is 0 Å². The topological polar surface area (TPSA) is 122 Å². The summed E-state index contributed by atoms with van der Waals surface area (Å²) >= 11 is 0. The number of aryl methyl sites for hydroxylation is 1. The van der Waals surface area contributed by atoms with E-state index in [1.807, 2.05) is 31.2 Å². The molecule has 9 nitrogen and oxygen atoms in total. The maximum Gasteiger partial charge on any atom is 0.297 e. The van der Waals surface area contributed by atoms with E-state index in [9.17, 15) is 23.1 Å². The Hall–Kier alpha value is -2.88. The van der Waals surface area contributed by atoms with Gasteiger partial charge in [-0.05, 0) is 25.3 Å². The van der Waals surface area contributed by atoms with Crippen LogP contribution in [0, 0.1) is 6.92 Å². The molecule has 28 heavy (non-hydrogen) atoms. The van der Waals surface area contributed by atoms with Crippen LogP contribution in [0.2, 0.25) is 0 Å². The second-order valence-electron chi connectivity index (χ2n) is 6.74. The zero-order chi connectivity index (χ0) is 20.5. The predicted molar refractivity (Wildman–Crippen MR) is 104 cm³/mol. The first-order chi connectivity index (χ1) is 13.2. The number of rotatable bonds is 4. The maximum absolute atomic E-state index is 12.5. The number of carbonyl (C=O) groups excluding carboxylic acids is 1. The highest BCUT2D eigenvalue weighted by molar-refractivity contribution is 7.92. The fourth-order valence-corrected chi connectivity index (χ4v) is 4.67. The molecule has 1 amide bonds. The third-order valence-electron chi connectivity index (χ3n) is 4.57. The van der Waals surface area contributed by atoms with E-state index in [-0.39, 0.29) is 24.8 Å². The molecule has 2 aromatic rings. The summed E-state index contributed by atoms with van der Waals surface area (Å²) in [5.74, 6) is -1.81. The summed E-state index contributed by atoms with van der Waals surface area (Å²) < 4.78 is 26.7. The van der Waals surface area contributed by atoms with E-state index in [2.05, 4.69) is 10.3 Å². The smallest absolute Gasteiger partial charge is 0.297 e. The largest absolute Gasteiger partial charge is 0.501 e. The van der Waals surface area contributed by atoms with Gasteiger partial charge in [0.15, 0.2) is 5.69 Å². The quantitative estimate of drug-likeness (QED) is 0.769. The number of aromatic nitrogens is 2. The van der Waals surface area contributed by atoms with E-state index in [0.717, 1.165) is 20.0 Å².